The van der Waals surface area contributed by atoms with Gasteiger partial charge in [-0.25, -0.2) is 9.37 Å². The van der Waals surface area contributed by atoms with Gasteiger partial charge in [0.25, 0.3) is 5.91 Å². The van der Waals surface area contributed by atoms with Crippen LogP contribution in [-0.4, -0.2) is 59.3 Å². The number of hydrogen-bond donors (Lipinski definition) is 1. The van der Waals surface area contributed by atoms with Crippen molar-refractivity contribution in [3.63, 3.8) is 0 Å². The smallest absolute Gasteiger partial charge is 0.251 e. The number of aryl methyl sites for hydroxylation is 1. The van der Waals surface area contributed by atoms with Gasteiger partial charge in [-0.3, -0.25) is 14.6 Å². The number of piperidine rings is 1. The second kappa shape index (κ2) is 8.37. The number of nitrogens with one attached hydrogen (secondary N) is 1. The zero-order chi connectivity index (χ0) is 22.4. The lowest BCUT2D eigenvalue weighted by atomic mass is 9.96. The maximum absolute atomic E-state index is 13.7. The van der Waals surface area contributed by atoms with Crippen LogP contribution in [0.3, 0.4) is 0 Å². The fourth-order valence-electron chi connectivity index (χ4n) is 4.63. The molecule has 32 heavy (non-hydrogen) atoms. The molecule has 1 aromatic heterocycles. The number of carbonyl (C=O) groups excluding carboxylic acids is 2. The van der Waals surface area contributed by atoms with E-state index < -0.39 is 6.04 Å². The highest BCUT2D eigenvalue weighted by Gasteiger charge is 2.30. The molecule has 1 unspecified atom stereocenters. The molecule has 0 bridgehead atoms. The first-order valence-electron chi connectivity index (χ1n) is 11.0. The second-order valence-electron chi connectivity index (χ2n) is 8.86. The molecule has 1 N–H and O–H groups in total. The summed E-state index contributed by atoms with van der Waals surface area (Å²) in [5, 5.41) is 4.98. The van der Waals surface area contributed by atoms with Crippen LogP contribution in [0.4, 0.5) is 9.52 Å². The molecule has 0 saturated carbocycles. The Balaban J connectivity index is 1.26. The van der Waals surface area contributed by atoms with Gasteiger partial charge in [-0.2, -0.15) is 0 Å². The Bertz CT molecular complexity index is 1200. The third-order valence-corrected chi connectivity index (χ3v) is 7.55. The molecule has 2 amide bonds. The molecule has 3 aliphatic heterocycles. The van der Waals surface area contributed by atoms with Gasteiger partial charge in [-0.1, -0.05) is 11.3 Å². The number of nitrogens with zero attached hydrogens (tertiary/aromatic N) is 4. The summed E-state index contributed by atoms with van der Waals surface area (Å²) in [6, 6.07) is 2.22. The number of anilines is 1. The van der Waals surface area contributed by atoms with E-state index in [1.165, 1.54) is 23.5 Å². The summed E-state index contributed by atoms with van der Waals surface area (Å²) >= 11 is 1.45. The molecule has 0 radical (unpaired) electrons. The van der Waals surface area contributed by atoms with E-state index in [9.17, 15) is 14.0 Å². The predicted molar refractivity (Wildman–Crippen MR) is 120 cm³/mol. The number of aromatic nitrogens is 1. The lowest BCUT2D eigenvalue weighted by molar-refractivity contribution is -0.132. The molecule has 168 valence electrons. The maximum Gasteiger partial charge on any atom is 0.251 e. The summed E-state index contributed by atoms with van der Waals surface area (Å²) in [4.78, 5) is 39.8. The molecule has 1 fully saturated rings. The molecule has 0 spiro atoms. The Kier molecular flexibility index (Phi) is 5.54. The quantitative estimate of drug-likeness (QED) is 0.756. The molecular formula is C23H26FN5O2S. The van der Waals surface area contributed by atoms with Crippen LogP contribution in [-0.2, 0) is 22.6 Å². The molecule has 1 saturated heterocycles. The van der Waals surface area contributed by atoms with Crippen LogP contribution in [0.2, 0.25) is 0 Å². The molecule has 4 heterocycles. The van der Waals surface area contributed by atoms with Crippen molar-refractivity contribution in [3.05, 3.63) is 44.7 Å². The standard InChI is InChI=1S/C23H26FN5O2S/c1-13-9-15(24)10-18-16(13)11-19(25-18)22(31)29-8-5-17-20(12-29)32-23(26-17)27-21(30)14-3-6-28(2)7-4-14/h9-11,14,19H,3-8,12H2,1-2H3,(H,26,27,30). The van der Waals surface area contributed by atoms with Gasteiger partial charge in [-0.15, -0.1) is 0 Å². The van der Waals surface area contributed by atoms with Gasteiger partial charge in [0.15, 0.2) is 5.13 Å². The van der Waals surface area contributed by atoms with E-state index in [0.29, 0.717) is 30.0 Å². The van der Waals surface area contributed by atoms with Crippen molar-refractivity contribution in [2.24, 2.45) is 10.9 Å². The van der Waals surface area contributed by atoms with Crippen LogP contribution in [0, 0.1) is 18.7 Å². The Labute approximate surface area is 189 Å². The fourth-order valence-corrected chi connectivity index (χ4v) is 5.66. The van der Waals surface area contributed by atoms with Gasteiger partial charge in [0, 0.05) is 29.0 Å². The second-order valence-corrected chi connectivity index (χ2v) is 9.95. The SMILES string of the molecule is Cc1cc(F)cc2c1=CC(C(=O)N1CCc3nc(NC(=O)C4CCN(C)CC4)sc3C1)N=2. The number of rotatable bonds is 3. The molecule has 9 heteroatoms. The van der Waals surface area contributed by atoms with Gasteiger partial charge >= 0.3 is 0 Å². The van der Waals surface area contributed by atoms with Gasteiger partial charge in [0.2, 0.25) is 5.91 Å². The molecule has 1 atom stereocenters. The first-order valence-corrected chi connectivity index (χ1v) is 11.8. The van der Waals surface area contributed by atoms with Crippen molar-refractivity contribution in [2.75, 3.05) is 32.0 Å². The largest absolute Gasteiger partial charge is 0.335 e. The van der Waals surface area contributed by atoms with Gasteiger partial charge < -0.3 is 15.1 Å². The lowest BCUT2D eigenvalue weighted by Gasteiger charge is -2.27. The average Bonchev–Trinajstić information content (AvgIpc) is 3.36. The number of amides is 2. The minimum absolute atomic E-state index is 0.0274. The first kappa shape index (κ1) is 21.2. The highest BCUT2D eigenvalue weighted by molar-refractivity contribution is 7.15. The van der Waals surface area contributed by atoms with Gasteiger partial charge in [0.1, 0.15) is 11.9 Å². The highest BCUT2D eigenvalue weighted by atomic mass is 32.1. The third kappa shape index (κ3) is 4.06. The van der Waals surface area contributed by atoms with Gasteiger partial charge in [-0.05, 0) is 63.7 Å². The molecule has 3 aliphatic rings. The molecule has 5 rings (SSSR count). The molecular weight excluding hydrogens is 429 g/mol. The number of benzene rings is 1. The monoisotopic (exact) mass is 455 g/mol. The maximum atomic E-state index is 13.7. The Morgan fingerprint density at radius 3 is 2.78 bits per heavy atom. The van der Waals surface area contributed by atoms with Crippen molar-refractivity contribution in [3.8, 4) is 0 Å². The van der Waals surface area contributed by atoms with E-state index in [2.05, 4.69) is 27.2 Å². The molecule has 0 aliphatic carbocycles. The summed E-state index contributed by atoms with van der Waals surface area (Å²) in [6.07, 6.45) is 4.20. The van der Waals surface area contributed by atoms with E-state index >= 15 is 0 Å². The van der Waals surface area contributed by atoms with Crippen LogP contribution in [0.25, 0.3) is 6.08 Å². The zero-order valence-electron chi connectivity index (χ0n) is 18.2. The van der Waals surface area contributed by atoms with Crippen molar-refractivity contribution in [1.82, 2.24) is 14.8 Å². The van der Waals surface area contributed by atoms with Crippen LogP contribution >= 0.6 is 11.3 Å². The van der Waals surface area contributed by atoms with Crippen molar-refractivity contribution < 1.29 is 14.0 Å². The van der Waals surface area contributed by atoms with Crippen LogP contribution in [0.1, 0.15) is 29.0 Å². The normalized spacial score (nSPS) is 20.8. The molecule has 1 aromatic carbocycles. The number of thiazole rings is 1. The van der Waals surface area contributed by atoms with E-state index in [1.807, 2.05) is 13.0 Å². The third-order valence-electron chi connectivity index (χ3n) is 6.55. The topological polar surface area (TPSA) is 77.9 Å². The number of fused-ring (bicyclic) bond motifs is 2. The average molecular weight is 456 g/mol. The first-order chi connectivity index (χ1) is 15.4. The van der Waals surface area contributed by atoms with Crippen molar-refractivity contribution in [2.45, 2.75) is 38.8 Å². The van der Waals surface area contributed by atoms with Gasteiger partial charge in [0.05, 0.1) is 17.6 Å². The zero-order valence-corrected chi connectivity index (χ0v) is 19.0. The number of hydrogen-bond acceptors (Lipinski definition) is 6. The van der Waals surface area contributed by atoms with E-state index in [-0.39, 0.29) is 23.5 Å². The Morgan fingerprint density at radius 2 is 2.00 bits per heavy atom. The summed E-state index contributed by atoms with van der Waals surface area (Å²) < 4.78 is 13.7. The Morgan fingerprint density at radius 1 is 1.22 bits per heavy atom. The van der Waals surface area contributed by atoms with Crippen LogP contribution < -0.4 is 15.9 Å². The minimum atomic E-state index is -0.622. The predicted octanol–water partition coefficient (Wildman–Crippen LogP) is 1.24. The van der Waals surface area contributed by atoms with E-state index in [4.69, 9.17) is 0 Å². The summed E-state index contributed by atoms with van der Waals surface area (Å²) in [7, 11) is 2.07. The minimum Gasteiger partial charge on any atom is -0.335 e. The number of likely N-dealkylation sites (tertiary alicyclic amines) is 1. The van der Waals surface area contributed by atoms with E-state index in [0.717, 1.165) is 47.3 Å². The summed E-state index contributed by atoms with van der Waals surface area (Å²) in [5.41, 5.74) is 1.73. The Hall–Kier alpha value is -2.65. The summed E-state index contributed by atoms with van der Waals surface area (Å²) in [5.74, 6) is -0.359. The van der Waals surface area contributed by atoms with Crippen molar-refractivity contribution >= 4 is 34.4 Å². The van der Waals surface area contributed by atoms with E-state index in [1.54, 1.807) is 4.90 Å². The number of halogens is 1. The molecule has 2 aromatic rings. The van der Waals surface area contributed by atoms with Crippen LogP contribution in [0.15, 0.2) is 17.1 Å². The highest BCUT2D eigenvalue weighted by Crippen LogP contribution is 2.30. The van der Waals surface area contributed by atoms with Crippen LogP contribution in [0.5, 0.6) is 0 Å². The van der Waals surface area contributed by atoms with Crippen molar-refractivity contribution in [1.29, 1.82) is 0 Å². The summed E-state index contributed by atoms with van der Waals surface area (Å²) in [6.45, 7) is 4.71. The fraction of sp³-hybridized carbons (Fsp3) is 0.478. The molecule has 7 nitrogen and oxygen atoms in total. The number of carbonyl (C=O) groups is 2. The lowest BCUT2D eigenvalue weighted by Crippen LogP contribution is -2.40.